The number of nitrogens with one attached hydrogen (secondary N) is 1. The molecule has 82 valence electrons. The highest BCUT2D eigenvalue weighted by Crippen LogP contribution is 2.32. The number of hydrogen-bond acceptors (Lipinski definition) is 1. The summed E-state index contributed by atoms with van der Waals surface area (Å²) in [6.45, 7) is 3.63. The topological polar surface area (TPSA) is 17.0 Å². The van der Waals surface area contributed by atoms with Gasteiger partial charge in [-0.2, -0.15) is 0 Å². The van der Waals surface area contributed by atoms with Gasteiger partial charge in [0.1, 0.15) is 0 Å². The zero-order valence-corrected chi connectivity index (χ0v) is 9.32. The van der Waals surface area contributed by atoms with Crippen LogP contribution in [-0.4, -0.2) is 17.7 Å². The van der Waals surface area contributed by atoms with Crippen LogP contribution in [0.2, 0.25) is 0 Å². The highest BCUT2D eigenvalue weighted by atomic mass is 15.0. The van der Waals surface area contributed by atoms with E-state index in [0.717, 1.165) is 11.8 Å². The van der Waals surface area contributed by atoms with E-state index in [1.807, 2.05) is 0 Å². The van der Waals surface area contributed by atoms with Gasteiger partial charge >= 0.3 is 0 Å². The van der Waals surface area contributed by atoms with Crippen LogP contribution in [0.5, 0.6) is 0 Å². The molecule has 2 aliphatic heterocycles. The molecular weight excluding hydrogens is 196 g/mol. The maximum Gasteiger partial charge on any atom is 0.0482 e. The van der Waals surface area contributed by atoms with E-state index < -0.39 is 0 Å². The van der Waals surface area contributed by atoms with Crippen LogP contribution in [0.15, 0.2) is 30.3 Å². The molecule has 1 aromatic carbocycles. The zero-order chi connectivity index (χ0) is 10.5. The smallest absolute Gasteiger partial charge is 0.0482 e. The lowest BCUT2D eigenvalue weighted by Gasteiger charge is -2.27. The van der Waals surface area contributed by atoms with E-state index >= 15 is 0 Å². The molecule has 1 saturated heterocycles. The molecule has 0 amide bonds. The maximum absolute atomic E-state index is 3.52. The second-order valence-corrected chi connectivity index (χ2v) is 5.19. The lowest BCUT2D eigenvalue weighted by molar-refractivity contribution is 0.324. The minimum atomic E-state index is 0.850. The largest absolute Gasteiger partial charge is 0.344 e. The number of aromatic nitrogens is 1. The van der Waals surface area contributed by atoms with E-state index in [2.05, 4.69) is 40.2 Å². The molecule has 3 heterocycles. The average Bonchev–Trinajstić information content (AvgIpc) is 2.88. The first kappa shape index (κ1) is 8.82. The van der Waals surface area contributed by atoms with Crippen LogP contribution in [-0.2, 0) is 13.0 Å². The number of hydrogen-bond donors (Lipinski definition) is 1. The molecule has 0 saturated carbocycles. The Hall–Kier alpha value is -1.28. The van der Waals surface area contributed by atoms with Crippen molar-refractivity contribution in [2.75, 3.05) is 13.1 Å². The minimum absolute atomic E-state index is 0.850. The number of para-hydroxylation sites is 1. The van der Waals surface area contributed by atoms with Crippen LogP contribution >= 0.6 is 0 Å². The number of benzene rings is 1. The zero-order valence-electron chi connectivity index (χ0n) is 9.32. The van der Waals surface area contributed by atoms with Crippen molar-refractivity contribution < 1.29 is 0 Å². The van der Waals surface area contributed by atoms with Crippen LogP contribution in [0.1, 0.15) is 5.69 Å². The SMILES string of the molecule is c1ccc2c(c1)cc1n2C[C@@H]2CNC[C@H]2C1. The van der Waals surface area contributed by atoms with Crippen LogP contribution in [0.3, 0.4) is 0 Å². The van der Waals surface area contributed by atoms with Crippen molar-refractivity contribution in [2.24, 2.45) is 11.8 Å². The molecular formula is C14H16N2. The van der Waals surface area contributed by atoms with E-state index in [-0.39, 0.29) is 0 Å². The van der Waals surface area contributed by atoms with E-state index in [4.69, 9.17) is 0 Å². The Labute approximate surface area is 95.3 Å². The molecule has 4 rings (SSSR count). The third-order valence-electron chi connectivity index (χ3n) is 4.26. The fourth-order valence-electron chi connectivity index (χ4n) is 3.40. The fourth-order valence-corrected chi connectivity index (χ4v) is 3.40. The van der Waals surface area contributed by atoms with Crippen molar-refractivity contribution in [1.29, 1.82) is 0 Å². The van der Waals surface area contributed by atoms with Crippen LogP contribution < -0.4 is 5.32 Å². The molecule has 0 radical (unpaired) electrons. The third-order valence-corrected chi connectivity index (χ3v) is 4.26. The Morgan fingerprint density at radius 2 is 2.00 bits per heavy atom. The van der Waals surface area contributed by atoms with Crippen LogP contribution in [0.25, 0.3) is 10.9 Å². The average molecular weight is 212 g/mol. The van der Waals surface area contributed by atoms with Crippen molar-refractivity contribution in [3.05, 3.63) is 36.0 Å². The summed E-state index contributed by atoms with van der Waals surface area (Å²) in [7, 11) is 0. The molecule has 2 aliphatic rings. The number of rotatable bonds is 0. The molecule has 2 heteroatoms. The third kappa shape index (κ3) is 1.11. The summed E-state index contributed by atoms with van der Waals surface area (Å²) in [4.78, 5) is 0. The van der Waals surface area contributed by atoms with E-state index in [9.17, 15) is 0 Å². The van der Waals surface area contributed by atoms with Crippen molar-refractivity contribution in [3.63, 3.8) is 0 Å². The van der Waals surface area contributed by atoms with Gasteiger partial charge in [-0.15, -0.1) is 0 Å². The summed E-state index contributed by atoms with van der Waals surface area (Å²) < 4.78 is 2.53. The molecule has 0 spiro atoms. The lowest BCUT2D eigenvalue weighted by Crippen LogP contribution is -2.27. The molecule has 1 fully saturated rings. The van der Waals surface area contributed by atoms with Gasteiger partial charge in [0, 0.05) is 17.8 Å². The fraction of sp³-hybridized carbons (Fsp3) is 0.429. The predicted molar refractivity (Wildman–Crippen MR) is 65.5 cm³/mol. The maximum atomic E-state index is 3.52. The summed E-state index contributed by atoms with van der Waals surface area (Å²) in [5.74, 6) is 1.72. The van der Waals surface area contributed by atoms with Crippen molar-refractivity contribution in [3.8, 4) is 0 Å². The Kier molecular flexibility index (Phi) is 1.71. The molecule has 2 nitrogen and oxygen atoms in total. The van der Waals surface area contributed by atoms with Gasteiger partial charge in [-0.1, -0.05) is 18.2 Å². The molecule has 1 aromatic heterocycles. The number of fused-ring (bicyclic) bond motifs is 4. The van der Waals surface area contributed by atoms with Crippen LogP contribution in [0, 0.1) is 11.8 Å². The minimum Gasteiger partial charge on any atom is -0.344 e. The Morgan fingerprint density at radius 1 is 1.12 bits per heavy atom. The Balaban J connectivity index is 1.89. The van der Waals surface area contributed by atoms with E-state index in [1.54, 1.807) is 0 Å². The first-order valence-corrected chi connectivity index (χ1v) is 6.20. The highest BCUT2D eigenvalue weighted by Gasteiger charge is 2.32. The Bertz CT molecular complexity index is 541. The van der Waals surface area contributed by atoms with Gasteiger partial charge in [0.25, 0.3) is 0 Å². The molecule has 0 aliphatic carbocycles. The van der Waals surface area contributed by atoms with Gasteiger partial charge in [-0.25, -0.2) is 0 Å². The van der Waals surface area contributed by atoms with Crippen molar-refractivity contribution in [2.45, 2.75) is 13.0 Å². The molecule has 2 aromatic rings. The van der Waals surface area contributed by atoms with E-state index in [1.165, 1.54) is 42.7 Å². The summed E-state index contributed by atoms with van der Waals surface area (Å²) in [5.41, 5.74) is 2.95. The molecule has 0 bridgehead atoms. The summed E-state index contributed by atoms with van der Waals surface area (Å²) in [5, 5.41) is 4.93. The van der Waals surface area contributed by atoms with Crippen molar-refractivity contribution >= 4 is 10.9 Å². The second-order valence-electron chi connectivity index (χ2n) is 5.19. The summed E-state index contributed by atoms with van der Waals surface area (Å²) in [6, 6.07) is 11.1. The summed E-state index contributed by atoms with van der Waals surface area (Å²) in [6.07, 6.45) is 1.26. The number of nitrogens with zero attached hydrogens (tertiary/aromatic N) is 1. The Morgan fingerprint density at radius 3 is 3.00 bits per heavy atom. The lowest BCUT2D eigenvalue weighted by atomic mass is 9.88. The first-order chi connectivity index (χ1) is 7.92. The van der Waals surface area contributed by atoms with Gasteiger partial charge in [-0.05, 0) is 48.9 Å². The first-order valence-electron chi connectivity index (χ1n) is 6.20. The predicted octanol–water partition coefficient (Wildman–Crippen LogP) is 2.03. The second kappa shape index (κ2) is 3.11. The van der Waals surface area contributed by atoms with Gasteiger partial charge in [-0.3, -0.25) is 0 Å². The molecule has 2 atom stereocenters. The van der Waals surface area contributed by atoms with Gasteiger partial charge in [0.15, 0.2) is 0 Å². The van der Waals surface area contributed by atoms with Gasteiger partial charge < -0.3 is 9.88 Å². The molecule has 1 N–H and O–H groups in total. The monoisotopic (exact) mass is 212 g/mol. The van der Waals surface area contributed by atoms with Crippen molar-refractivity contribution in [1.82, 2.24) is 9.88 Å². The quantitative estimate of drug-likeness (QED) is 0.707. The standard InChI is InChI=1S/C14H16N2/c1-2-4-14-10(3-1)5-13-6-11-7-15-8-12(11)9-16(13)14/h1-5,11-12,15H,6-9H2/t11-,12+/m1/s1. The molecule has 0 unspecified atom stereocenters. The van der Waals surface area contributed by atoms with Gasteiger partial charge in [0.2, 0.25) is 0 Å². The van der Waals surface area contributed by atoms with Crippen LogP contribution in [0.4, 0.5) is 0 Å². The highest BCUT2D eigenvalue weighted by molar-refractivity contribution is 5.81. The van der Waals surface area contributed by atoms with Gasteiger partial charge in [0.05, 0.1) is 0 Å². The summed E-state index contributed by atoms with van der Waals surface area (Å²) >= 11 is 0. The van der Waals surface area contributed by atoms with E-state index in [0.29, 0.717) is 0 Å². The normalized spacial score (nSPS) is 28.0. The molecule has 16 heavy (non-hydrogen) atoms.